The number of hydrogen-bond acceptors (Lipinski definition) is 7. The number of hydrogen-bond donors (Lipinski definition) is 2. The van der Waals surface area contributed by atoms with Gasteiger partial charge in [0.2, 0.25) is 0 Å². The molecule has 0 unspecified atom stereocenters. The molecule has 1 saturated heterocycles. The molecule has 1 amide bonds. The number of aryl methyl sites for hydroxylation is 1. The SMILES string of the molecule is COc1ncc2c(N3CCNCC3)ccc(C(=O)Nc3cccc4c3cnn4C)c2n1. The number of nitrogens with one attached hydrogen (secondary N) is 2. The van der Waals surface area contributed by atoms with Crippen LogP contribution in [0.3, 0.4) is 0 Å². The van der Waals surface area contributed by atoms with E-state index in [0.29, 0.717) is 16.8 Å². The second-order valence-electron chi connectivity index (χ2n) is 7.45. The predicted molar refractivity (Wildman–Crippen MR) is 120 cm³/mol. The van der Waals surface area contributed by atoms with Crippen LogP contribution in [0.2, 0.25) is 0 Å². The maximum atomic E-state index is 13.3. The molecule has 0 saturated carbocycles. The van der Waals surface area contributed by atoms with E-state index in [-0.39, 0.29) is 11.9 Å². The van der Waals surface area contributed by atoms with Crippen molar-refractivity contribution in [2.75, 3.05) is 43.5 Å². The Bertz CT molecular complexity index is 1280. The molecule has 31 heavy (non-hydrogen) atoms. The van der Waals surface area contributed by atoms with Gasteiger partial charge in [0.1, 0.15) is 0 Å². The molecule has 0 radical (unpaired) electrons. The van der Waals surface area contributed by atoms with Gasteiger partial charge in [-0.3, -0.25) is 9.48 Å². The lowest BCUT2D eigenvalue weighted by Crippen LogP contribution is -2.43. The van der Waals surface area contributed by atoms with E-state index in [9.17, 15) is 4.79 Å². The molecule has 2 aromatic heterocycles. The van der Waals surface area contributed by atoms with Gasteiger partial charge in [0, 0.05) is 55.9 Å². The van der Waals surface area contributed by atoms with Gasteiger partial charge in [0.05, 0.1) is 35.6 Å². The molecule has 1 aliphatic heterocycles. The molecular weight excluding hydrogens is 394 g/mol. The first-order chi connectivity index (χ1) is 15.2. The molecule has 0 aliphatic carbocycles. The number of anilines is 2. The van der Waals surface area contributed by atoms with Crippen molar-refractivity contribution in [2.45, 2.75) is 0 Å². The fraction of sp³-hybridized carbons (Fsp3) is 0.273. The minimum absolute atomic E-state index is 0.230. The van der Waals surface area contributed by atoms with E-state index in [4.69, 9.17) is 4.74 Å². The maximum absolute atomic E-state index is 13.3. The average molecular weight is 417 g/mol. The Morgan fingerprint density at radius 1 is 1.13 bits per heavy atom. The van der Waals surface area contributed by atoms with Gasteiger partial charge in [0.15, 0.2) is 0 Å². The third kappa shape index (κ3) is 3.42. The molecule has 1 fully saturated rings. The molecular formula is C22H23N7O2. The van der Waals surface area contributed by atoms with Gasteiger partial charge in [-0.2, -0.15) is 10.1 Å². The lowest BCUT2D eigenvalue weighted by Gasteiger charge is -2.30. The Labute approximate surface area is 179 Å². The quantitative estimate of drug-likeness (QED) is 0.525. The summed E-state index contributed by atoms with van der Waals surface area (Å²) in [4.78, 5) is 24.4. The van der Waals surface area contributed by atoms with E-state index in [1.165, 1.54) is 7.11 Å². The highest BCUT2D eigenvalue weighted by Gasteiger charge is 2.20. The summed E-state index contributed by atoms with van der Waals surface area (Å²) in [7, 11) is 3.39. The lowest BCUT2D eigenvalue weighted by molar-refractivity contribution is 0.102. The molecule has 1 aliphatic rings. The highest BCUT2D eigenvalue weighted by molar-refractivity contribution is 6.15. The van der Waals surface area contributed by atoms with Crippen molar-refractivity contribution < 1.29 is 9.53 Å². The van der Waals surface area contributed by atoms with Crippen molar-refractivity contribution in [3.8, 4) is 6.01 Å². The minimum atomic E-state index is -0.242. The summed E-state index contributed by atoms with van der Waals surface area (Å²) in [6.07, 6.45) is 3.49. The van der Waals surface area contributed by atoms with Crippen LogP contribution in [-0.4, -0.2) is 58.9 Å². The van der Waals surface area contributed by atoms with E-state index < -0.39 is 0 Å². The smallest absolute Gasteiger partial charge is 0.316 e. The number of aromatic nitrogens is 4. The first-order valence-corrected chi connectivity index (χ1v) is 10.2. The number of amides is 1. The lowest BCUT2D eigenvalue weighted by atomic mass is 10.1. The highest BCUT2D eigenvalue weighted by Crippen LogP contribution is 2.30. The Balaban J connectivity index is 1.57. The van der Waals surface area contributed by atoms with Crippen molar-refractivity contribution in [2.24, 2.45) is 7.05 Å². The van der Waals surface area contributed by atoms with E-state index >= 15 is 0 Å². The van der Waals surface area contributed by atoms with E-state index in [1.807, 2.05) is 37.4 Å². The van der Waals surface area contributed by atoms with Gasteiger partial charge >= 0.3 is 6.01 Å². The van der Waals surface area contributed by atoms with E-state index in [0.717, 1.165) is 48.2 Å². The fourth-order valence-corrected chi connectivity index (χ4v) is 4.03. The normalized spacial score (nSPS) is 14.2. The highest BCUT2D eigenvalue weighted by atomic mass is 16.5. The number of carbonyl (C=O) groups is 1. The summed E-state index contributed by atoms with van der Waals surface area (Å²) in [5, 5.41) is 12.4. The number of ether oxygens (including phenoxy) is 1. The van der Waals surface area contributed by atoms with Crippen LogP contribution in [-0.2, 0) is 7.05 Å². The Hall–Kier alpha value is -3.72. The first-order valence-electron chi connectivity index (χ1n) is 10.2. The van der Waals surface area contributed by atoms with Gasteiger partial charge in [-0.15, -0.1) is 0 Å². The van der Waals surface area contributed by atoms with Crippen LogP contribution in [0.25, 0.3) is 21.8 Å². The molecule has 9 nitrogen and oxygen atoms in total. The third-order valence-corrected chi connectivity index (χ3v) is 5.63. The van der Waals surface area contributed by atoms with Crippen molar-refractivity contribution in [1.29, 1.82) is 0 Å². The monoisotopic (exact) mass is 417 g/mol. The van der Waals surface area contributed by atoms with Crippen LogP contribution in [0.1, 0.15) is 10.4 Å². The topological polar surface area (TPSA) is 97.2 Å². The summed E-state index contributed by atoms with van der Waals surface area (Å²) >= 11 is 0. The standard InChI is InChI=1S/C22H23N7O2/c1-28-18-5-3-4-17(15(18)13-25-28)26-21(30)14-6-7-19(29-10-8-23-9-11-29)16-12-24-22(31-2)27-20(14)16/h3-7,12-13,23H,8-11H2,1-2H3,(H,26,30). The molecule has 0 spiro atoms. The molecule has 2 N–H and O–H groups in total. The first kappa shape index (κ1) is 19.3. The number of carbonyl (C=O) groups excluding carboxylic acids is 1. The van der Waals surface area contributed by atoms with Crippen LogP contribution in [0.4, 0.5) is 11.4 Å². The van der Waals surface area contributed by atoms with E-state index in [1.54, 1.807) is 17.1 Å². The average Bonchev–Trinajstić information content (AvgIpc) is 3.20. The minimum Gasteiger partial charge on any atom is -0.467 e. The molecule has 158 valence electrons. The number of benzene rings is 2. The van der Waals surface area contributed by atoms with Crippen molar-refractivity contribution >= 4 is 39.1 Å². The second-order valence-corrected chi connectivity index (χ2v) is 7.45. The Morgan fingerprint density at radius 3 is 2.77 bits per heavy atom. The molecule has 2 aromatic carbocycles. The summed E-state index contributed by atoms with van der Waals surface area (Å²) < 4.78 is 7.01. The Morgan fingerprint density at radius 2 is 1.97 bits per heavy atom. The number of nitrogens with zero attached hydrogens (tertiary/aromatic N) is 5. The maximum Gasteiger partial charge on any atom is 0.316 e. The number of rotatable bonds is 4. The largest absolute Gasteiger partial charge is 0.467 e. The zero-order chi connectivity index (χ0) is 21.4. The molecule has 5 rings (SSSR count). The van der Waals surface area contributed by atoms with Crippen molar-refractivity contribution in [1.82, 2.24) is 25.1 Å². The van der Waals surface area contributed by atoms with Crippen LogP contribution >= 0.6 is 0 Å². The number of methoxy groups -OCH3 is 1. The summed E-state index contributed by atoms with van der Waals surface area (Å²) in [6.45, 7) is 3.59. The summed E-state index contributed by atoms with van der Waals surface area (Å²) in [5.74, 6) is -0.242. The summed E-state index contributed by atoms with van der Waals surface area (Å²) in [5.41, 5.74) is 3.70. The molecule has 3 heterocycles. The molecule has 0 atom stereocenters. The Kier molecular flexibility index (Phi) is 4.87. The number of piperazine rings is 1. The third-order valence-electron chi connectivity index (χ3n) is 5.63. The van der Waals surface area contributed by atoms with Gasteiger partial charge in [0.25, 0.3) is 5.91 Å². The summed E-state index contributed by atoms with van der Waals surface area (Å²) in [6, 6.07) is 9.76. The predicted octanol–water partition coefficient (Wildman–Crippen LogP) is 2.19. The van der Waals surface area contributed by atoms with Gasteiger partial charge < -0.3 is 20.3 Å². The molecule has 9 heteroatoms. The zero-order valence-electron chi connectivity index (χ0n) is 17.4. The van der Waals surface area contributed by atoms with E-state index in [2.05, 4.69) is 30.6 Å². The molecule has 0 bridgehead atoms. The zero-order valence-corrected chi connectivity index (χ0v) is 17.4. The van der Waals surface area contributed by atoms with Crippen LogP contribution in [0.15, 0.2) is 42.7 Å². The van der Waals surface area contributed by atoms with Crippen LogP contribution in [0, 0.1) is 0 Å². The second kappa shape index (κ2) is 7.84. The van der Waals surface area contributed by atoms with Crippen LogP contribution in [0.5, 0.6) is 6.01 Å². The van der Waals surface area contributed by atoms with Crippen molar-refractivity contribution in [3.05, 3.63) is 48.3 Å². The van der Waals surface area contributed by atoms with Gasteiger partial charge in [-0.1, -0.05) is 6.07 Å². The van der Waals surface area contributed by atoms with Crippen LogP contribution < -0.4 is 20.3 Å². The van der Waals surface area contributed by atoms with Crippen molar-refractivity contribution in [3.63, 3.8) is 0 Å². The van der Waals surface area contributed by atoms with Gasteiger partial charge in [-0.05, 0) is 24.3 Å². The molecule has 4 aromatic rings. The van der Waals surface area contributed by atoms with Gasteiger partial charge in [-0.25, -0.2) is 4.98 Å². The number of fused-ring (bicyclic) bond motifs is 2. The fourth-order valence-electron chi connectivity index (χ4n) is 4.03.